The fourth-order valence-corrected chi connectivity index (χ4v) is 2.21. The number of aromatic nitrogens is 1. The molecule has 0 fully saturated rings. The summed E-state index contributed by atoms with van der Waals surface area (Å²) in [6.45, 7) is 0.705. The molecule has 1 aliphatic rings. The number of carboxylic acid groups (broad SMARTS) is 1. The first-order valence-corrected chi connectivity index (χ1v) is 5.74. The van der Waals surface area contributed by atoms with Crippen LogP contribution < -0.4 is 5.32 Å². The predicted molar refractivity (Wildman–Crippen MR) is 64.8 cm³/mol. The van der Waals surface area contributed by atoms with E-state index in [1.54, 1.807) is 0 Å². The molecular weight excluding hydrogens is 232 g/mol. The van der Waals surface area contributed by atoms with Crippen molar-refractivity contribution in [3.05, 3.63) is 47.3 Å². The minimum atomic E-state index is -1.08. The summed E-state index contributed by atoms with van der Waals surface area (Å²) in [5, 5.41) is 11.7. The second-order valence-corrected chi connectivity index (χ2v) is 4.32. The standard InChI is InChI=1S/C13H12N2O3/c16-12(17)11-7-18-13(15-11)14-6-9-5-8-3-1-2-4-10(8)9/h1-4,7,9H,5-6H2,(H,14,15)(H,16,17). The molecule has 5 heteroatoms. The number of carbonyl (C=O) groups is 1. The molecule has 1 atom stereocenters. The lowest BCUT2D eigenvalue weighted by atomic mass is 9.78. The lowest BCUT2D eigenvalue weighted by Gasteiger charge is -2.29. The number of rotatable bonds is 4. The summed E-state index contributed by atoms with van der Waals surface area (Å²) in [6, 6.07) is 8.56. The van der Waals surface area contributed by atoms with Gasteiger partial charge in [0.05, 0.1) is 0 Å². The molecule has 0 radical (unpaired) electrons. The van der Waals surface area contributed by atoms with E-state index in [1.165, 1.54) is 11.1 Å². The molecule has 0 spiro atoms. The highest BCUT2D eigenvalue weighted by atomic mass is 16.4. The topological polar surface area (TPSA) is 75.4 Å². The van der Waals surface area contributed by atoms with Crippen LogP contribution in [0.2, 0.25) is 0 Å². The molecule has 0 bridgehead atoms. The zero-order valence-corrected chi connectivity index (χ0v) is 9.59. The smallest absolute Gasteiger partial charge is 0.357 e. The van der Waals surface area contributed by atoms with Gasteiger partial charge in [0.25, 0.3) is 6.01 Å². The Bertz CT molecular complexity index is 591. The maximum absolute atomic E-state index is 10.6. The lowest BCUT2D eigenvalue weighted by Crippen LogP contribution is -2.24. The summed E-state index contributed by atoms with van der Waals surface area (Å²) in [6.07, 6.45) is 2.18. The summed E-state index contributed by atoms with van der Waals surface area (Å²) >= 11 is 0. The summed E-state index contributed by atoms with van der Waals surface area (Å²) < 4.78 is 5.03. The quantitative estimate of drug-likeness (QED) is 0.861. The van der Waals surface area contributed by atoms with Crippen LogP contribution in [0, 0.1) is 0 Å². The number of benzene rings is 1. The molecule has 0 amide bonds. The van der Waals surface area contributed by atoms with Gasteiger partial charge in [-0.2, -0.15) is 4.98 Å². The molecule has 0 saturated heterocycles. The number of aromatic carboxylic acids is 1. The third kappa shape index (κ3) is 1.84. The zero-order valence-electron chi connectivity index (χ0n) is 9.59. The summed E-state index contributed by atoms with van der Waals surface area (Å²) in [7, 11) is 0. The molecule has 0 aliphatic heterocycles. The molecule has 0 saturated carbocycles. The fourth-order valence-electron chi connectivity index (χ4n) is 2.21. The van der Waals surface area contributed by atoms with Crippen molar-refractivity contribution < 1.29 is 14.3 Å². The largest absolute Gasteiger partial charge is 0.476 e. The fraction of sp³-hybridized carbons (Fsp3) is 0.231. The molecule has 3 rings (SSSR count). The zero-order chi connectivity index (χ0) is 12.5. The number of hydrogen-bond donors (Lipinski definition) is 2. The van der Waals surface area contributed by atoms with E-state index in [1.807, 2.05) is 12.1 Å². The monoisotopic (exact) mass is 244 g/mol. The summed E-state index contributed by atoms with van der Waals surface area (Å²) in [4.78, 5) is 14.5. The molecule has 1 aliphatic carbocycles. The highest BCUT2D eigenvalue weighted by Gasteiger charge is 2.25. The van der Waals surface area contributed by atoms with E-state index in [0.717, 1.165) is 12.7 Å². The Labute approximate surface area is 103 Å². The third-order valence-electron chi connectivity index (χ3n) is 3.18. The molecular formula is C13H12N2O3. The van der Waals surface area contributed by atoms with Gasteiger partial charge in [-0.05, 0) is 17.5 Å². The molecule has 1 unspecified atom stereocenters. The Morgan fingerprint density at radius 2 is 2.33 bits per heavy atom. The van der Waals surface area contributed by atoms with Crippen molar-refractivity contribution >= 4 is 12.0 Å². The van der Waals surface area contributed by atoms with Crippen molar-refractivity contribution in [2.45, 2.75) is 12.3 Å². The normalized spacial score (nSPS) is 16.8. The van der Waals surface area contributed by atoms with Gasteiger partial charge in [0, 0.05) is 12.5 Å². The number of nitrogens with zero attached hydrogens (tertiary/aromatic N) is 1. The molecule has 2 N–H and O–H groups in total. The van der Waals surface area contributed by atoms with E-state index in [-0.39, 0.29) is 11.7 Å². The molecule has 1 aromatic carbocycles. The molecule has 92 valence electrons. The maximum atomic E-state index is 10.6. The van der Waals surface area contributed by atoms with E-state index in [4.69, 9.17) is 9.52 Å². The Morgan fingerprint density at radius 1 is 1.50 bits per heavy atom. The number of hydrogen-bond acceptors (Lipinski definition) is 4. The van der Waals surface area contributed by atoms with Crippen molar-refractivity contribution in [1.29, 1.82) is 0 Å². The minimum absolute atomic E-state index is 0.0773. The van der Waals surface area contributed by atoms with Crippen molar-refractivity contribution in [2.24, 2.45) is 0 Å². The number of fused-ring (bicyclic) bond motifs is 1. The minimum Gasteiger partial charge on any atom is -0.476 e. The van der Waals surface area contributed by atoms with E-state index in [9.17, 15) is 4.79 Å². The van der Waals surface area contributed by atoms with Crippen LogP contribution >= 0.6 is 0 Å². The van der Waals surface area contributed by atoms with E-state index in [2.05, 4.69) is 22.4 Å². The average molecular weight is 244 g/mol. The van der Waals surface area contributed by atoms with Gasteiger partial charge in [-0.1, -0.05) is 24.3 Å². The first kappa shape index (κ1) is 10.8. The first-order valence-electron chi connectivity index (χ1n) is 5.74. The van der Waals surface area contributed by atoms with Gasteiger partial charge in [0.2, 0.25) is 0 Å². The Hall–Kier alpha value is -2.30. The van der Waals surface area contributed by atoms with Crippen LogP contribution in [0.5, 0.6) is 0 Å². The number of oxazole rings is 1. The number of nitrogens with one attached hydrogen (secondary N) is 1. The molecule has 1 heterocycles. The van der Waals surface area contributed by atoms with Crippen LogP contribution in [0.3, 0.4) is 0 Å². The maximum Gasteiger partial charge on any atom is 0.357 e. The number of anilines is 1. The van der Waals surface area contributed by atoms with E-state index < -0.39 is 5.97 Å². The van der Waals surface area contributed by atoms with E-state index in [0.29, 0.717) is 12.5 Å². The van der Waals surface area contributed by atoms with Gasteiger partial charge in [0.15, 0.2) is 5.69 Å². The van der Waals surface area contributed by atoms with Gasteiger partial charge in [-0.3, -0.25) is 0 Å². The van der Waals surface area contributed by atoms with Crippen molar-refractivity contribution in [2.75, 3.05) is 11.9 Å². The Balaban J connectivity index is 1.61. The van der Waals surface area contributed by atoms with Crippen molar-refractivity contribution in [3.63, 3.8) is 0 Å². The van der Waals surface area contributed by atoms with E-state index >= 15 is 0 Å². The average Bonchev–Trinajstić information content (AvgIpc) is 2.79. The third-order valence-corrected chi connectivity index (χ3v) is 3.18. The van der Waals surface area contributed by atoms with Crippen LogP contribution in [-0.2, 0) is 6.42 Å². The first-order chi connectivity index (χ1) is 8.74. The van der Waals surface area contributed by atoms with Gasteiger partial charge in [0.1, 0.15) is 6.26 Å². The Kier molecular flexibility index (Phi) is 2.51. The van der Waals surface area contributed by atoms with Crippen molar-refractivity contribution in [1.82, 2.24) is 4.98 Å². The van der Waals surface area contributed by atoms with Gasteiger partial charge >= 0.3 is 5.97 Å². The highest BCUT2D eigenvalue weighted by Crippen LogP contribution is 2.34. The SMILES string of the molecule is O=C(O)c1coc(NCC2Cc3ccccc32)n1. The van der Waals surface area contributed by atoms with Crippen LogP contribution in [0.25, 0.3) is 0 Å². The van der Waals surface area contributed by atoms with Crippen LogP contribution in [-0.4, -0.2) is 22.6 Å². The summed E-state index contributed by atoms with van der Waals surface area (Å²) in [5.41, 5.74) is 2.64. The van der Waals surface area contributed by atoms with Crippen LogP contribution in [0.1, 0.15) is 27.5 Å². The van der Waals surface area contributed by atoms with Crippen LogP contribution in [0.4, 0.5) is 6.01 Å². The number of carboxylic acids is 1. The van der Waals surface area contributed by atoms with Gasteiger partial charge < -0.3 is 14.8 Å². The summed E-state index contributed by atoms with van der Waals surface area (Å²) in [5.74, 6) is -0.637. The highest BCUT2D eigenvalue weighted by molar-refractivity contribution is 5.85. The second kappa shape index (κ2) is 4.18. The predicted octanol–water partition coefficient (Wildman–Crippen LogP) is 2.12. The lowest BCUT2D eigenvalue weighted by molar-refractivity contribution is 0.0690. The Morgan fingerprint density at radius 3 is 3.06 bits per heavy atom. The molecule has 1 aromatic heterocycles. The molecule has 5 nitrogen and oxygen atoms in total. The molecule has 18 heavy (non-hydrogen) atoms. The second-order valence-electron chi connectivity index (χ2n) is 4.32. The van der Waals surface area contributed by atoms with Gasteiger partial charge in [-0.25, -0.2) is 4.79 Å². The van der Waals surface area contributed by atoms with Crippen molar-refractivity contribution in [3.8, 4) is 0 Å². The molecule has 2 aromatic rings. The van der Waals surface area contributed by atoms with Crippen LogP contribution in [0.15, 0.2) is 34.9 Å². The van der Waals surface area contributed by atoms with Gasteiger partial charge in [-0.15, -0.1) is 0 Å².